The van der Waals surface area contributed by atoms with Crippen molar-refractivity contribution in [3.63, 3.8) is 0 Å². The first-order valence-corrected chi connectivity index (χ1v) is 9.04. The van der Waals surface area contributed by atoms with E-state index in [9.17, 15) is 8.42 Å². The van der Waals surface area contributed by atoms with Crippen LogP contribution in [0.15, 0.2) is 0 Å². The zero-order chi connectivity index (χ0) is 15.0. The van der Waals surface area contributed by atoms with Gasteiger partial charge in [-0.15, -0.1) is 0 Å². The first-order chi connectivity index (χ1) is 9.26. The van der Waals surface area contributed by atoms with Crippen molar-refractivity contribution in [3.05, 3.63) is 0 Å². The second-order valence-corrected chi connectivity index (χ2v) is 8.99. The van der Waals surface area contributed by atoms with Gasteiger partial charge in [-0.2, -0.15) is 17.0 Å². The normalized spacial score (nSPS) is 23.4. The molecule has 1 N–H and O–H groups in total. The van der Waals surface area contributed by atoms with Crippen molar-refractivity contribution >= 4 is 10.2 Å². The highest BCUT2D eigenvalue weighted by atomic mass is 32.2. The Morgan fingerprint density at radius 3 is 2.10 bits per heavy atom. The Balaban J connectivity index is 2.01. The summed E-state index contributed by atoms with van der Waals surface area (Å²) in [4.78, 5) is 0. The molecular formula is C14H28N2O3S. The molecule has 2 aliphatic rings. The highest BCUT2D eigenvalue weighted by Gasteiger charge is 2.41. The minimum Gasteiger partial charge on any atom is -0.395 e. The molecule has 2 rings (SSSR count). The summed E-state index contributed by atoms with van der Waals surface area (Å²) in [6.45, 7) is 8.02. The number of piperidine rings is 1. The third-order valence-corrected chi connectivity index (χ3v) is 6.67. The van der Waals surface area contributed by atoms with Gasteiger partial charge < -0.3 is 5.11 Å². The topological polar surface area (TPSA) is 60.9 Å². The Kier molecular flexibility index (Phi) is 4.79. The van der Waals surface area contributed by atoms with Gasteiger partial charge in [0.25, 0.3) is 10.2 Å². The van der Waals surface area contributed by atoms with Crippen LogP contribution in [-0.2, 0) is 10.2 Å². The summed E-state index contributed by atoms with van der Waals surface area (Å²) < 4.78 is 28.4. The molecule has 0 aromatic carbocycles. The molecule has 0 unspecified atom stereocenters. The van der Waals surface area contributed by atoms with Crippen molar-refractivity contribution in [3.8, 4) is 0 Å². The maximum Gasteiger partial charge on any atom is 0.282 e. The van der Waals surface area contributed by atoms with Gasteiger partial charge in [0.1, 0.15) is 0 Å². The number of aliphatic hydroxyl groups excluding tert-OH is 1. The van der Waals surface area contributed by atoms with Gasteiger partial charge >= 0.3 is 0 Å². The lowest BCUT2D eigenvalue weighted by molar-refractivity contribution is 0.147. The van der Waals surface area contributed by atoms with Crippen LogP contribution in [0.3, 0.4) is 0 Å². The van der Waals surface area contributed by atoms with E-state index in [1.807, 2.05) is 0 Å². The minimum atomic E-state index is -3.39. The highest BCUT2D eigenvalue weighted by molar-refractivity contribution is 7.86. The maximum absolute atomic E-state index is 12.7. The number of hydrogen-bond donors (Lipinski definition) is 1. The van der Waals surface area contributed by atoms with E-state index in [1.54, 1.807) is 4.31 Å². The van der Waals surface area contributed by atoms with Gasteiger partial charge in [-0.25, -0.2) is 0 Å². The summed E-state index contributed by atoms with van der Waals surface area (Å²) in [7, 11) is -3.39. The van der Waals surface area contributed by atoms with E-state index >= 15 is 0 Å². The molecule has 0 radical (unpaired) electrons. The van der Waals surface area contributed by atoms with Crippen molar-refractivity contribution in [1.82, 2.24) is 8.61 Å². The van der Waals surface area contributed by atoms with Crippen molar-refractivity contribution in [2.24, 2.45) is 11.3 Å². The molecular weight excluding hydrogens is 276 g/mol. The second-order valence-electron chi connectivity index (χ2n) is 7.11. The molecule has 1 saturated carbocycles. The molecule has 0 spiro atoms. The van der Waals surface area contributed by atoms with Crippen molar-refractivity contribution in [1.29, 1.82) is 0 Å². The van der Waals surface area contributed by atoms with Crippen LogP contribution in [0.1, 0.15) is 46.5 Å². The Hall–Kier alpha value is -0.170. The monoisotopic (exact) mass is 304 g/mol. The SMILES string of the molecule is CC(C)(C)C1CCN(S(=O)(=O)N(CCO)C2CC2)CC1. The molecule has 6 heteroatoms. The minimum absolute atomic E-state index is 0.103. The Morgan fingerprint density at radius 2 is 1.70 bits per heavy atom. The molecule has 0 atom stereocenters. The summed E-state index contributed by atoms with van der Waals surface area (Å²) in [5, 5.41) is 9.10. The molecule has 5 nitrogen and oxygen atoms in total. The first-order valence-electron chi connectivity index (χ1n) is 7.64. The van der Waals surface area contributed by atoms with Gasteiger partial charge in [0.15, 0.2) is 0 Å². The third-order valence-electron chi connectivity index (χ3n) is 4.58. The van der Waals surface area contributed by atoms with E-state index in [0.29, 0.717) is 19.0 Å². The van der Waals surface area contributed by atoms with Crippen LogP contribution in [0.4, 0.5) is 0 Å². The fraction of sp³-hybridized carbons (Fsp3) is 1.00. The second kappa shape index (κ2) is 5.91. The summed E-state index contributed by atoms with van der Waals surface area (Å²) >= 11 is 0. The van der Waals surface area contributed by atoms with Crippen LogP contribution in [0, 0.1) is 11.3 Å². The molecule has 0 amide bonds. The van der Waals surface area contributed by atoms with Gasteiger partial charge in [-0.3, -0.25) is 0 Å². The van der Waals surface area contributed by atoms with E-state index in [0.717, 1.165) is 25.7 Å². The summed E-state index contributed by atoms with van der Waals surface area (Å²) in [6.07, 6.45) is 3.72. The van der Waals surface area contributed by atoms with Gasteiger partial charge in [0.2, 0.25) is 0 Å². The van der Waals surface area contributed by atoms with Crippen molar-refractivity contribution in [2.75, 3.05) is 26.2 Å². The van der Waals surface area contributed by atoms with Crippen LogP contribution in [0.25, 0.3) is 0 Å². The van der Waals surface area contributed by atoms with Crippen molar-refractivity contribution in [2.45, 2.75) is 52.5 Å². The largest absolute Gasteiger partial charge is 0.395 e. The standard InChI is InChI=1S/C14H28N2O3S/c1-14(2,3)12-6-8-15(9-7-12)20(18,19)16(10-11-17)13-4-5-13/h12-13,17H,4-11H2,1-3H3. The number of aliphatic hydroxyl groups is 1. The Labute approximate surface area is 123 Å². The highest BCUT2D eigenvalue weighted by Crippen LogP contribution is 2.36. The molecule has 118 valence electrons. The Morgan fingerprint density at radius 1 is 1.15 bits per heavy atom. The number of rotatable bonds is 5. The van der Waals surface area contributed by atoms with Crippen LogP contribution in [0.2, 0.25) is 0 Å². The average Bonchev–Trinajstić information content (AvgIpc) is 3.19. The maximum atomic E-state index is 12.7. The molecule has 1 aliphatic heterocycles. The lowest BCUT2D eigenvalue weighted by Crippen LogP contribution is -2.49. The fourth-order valence-electron chi connectivity index (χ4n) is 3.05. The van der Waals surface area contributed by atoms with Gasteiger partial charge in [0, 0.05) is 25.7 Å². The van der Waals surface area contributed by atoms with Crippen molar-refractivity contribution < 1.29 is 13.5 Å². The number of hydrogen-bond acceptors (Lipinski definition) is 3. The molecule has 0 aromatic rings. The lowest BCUT2D eigenvalue weighted by atomic mass is 9.76. The van der Waals surface area contributed by atoms with Crippen LogP contribution >= 0.6 is 0 Å². The van der Waals surface area contributed by atoms with E-state index in [4.69, 9.17) is 5.11 Å². The molecule has 1 aliphatic carbocycles. The van der Waals surface area contributed by atoms with Gasteiger partial charge in [-0.05, 0) is 37.0 Å². The van der Waals surface area contributed by atoms with Crippen LogP contribution < -0.4 is 0 Å². The van der Waals surface area contributed by atoms with E-state index in [1.165, 1.54) is 4.31 Å². The van der Waals surface area contributed by atoms with Gasteiger partial charge in [0.05, 0.1) is 6.61 Å². The summed E-state index contributed by atoms with van der Waals surface area (Å²) in [6, 6.07) is 0.118. The predicted molar refractivity (Wildman–Crippen MR) is 79.5 cm³/mol. The first kappa shape index (κ1) is 16.2. The summed E-state index contributed by atoms with van der Waals surface area (Å²) in [5.41, 5.74) is 0.247. The van der Waals surface area contributed by atoms with Crippen LogP contribution in [-0.4, -0.2) is 54.4 Å². The summed E-state index contributed by atoms with van der Waals surface area (Å²) in [5.74, 6) is 0.584. The molecule has 1 heterocycles. The zero-order valence-electron chi connectivity index (χ0n) is 12.9. The lowest BCUT2D eigenvalue weighted by Gasteiger charge is -2.39. The van der Waals surface area contributed by atoms with E-state index in [-0.39, 0.29) is 24.6 Å². The third kappa shape index (κ3) is 3.53. The van der Waals surface area contributed by atoms with E-state index in [2.05, 4.69) is 20.8 Å². The van der Waals surface area contributed by atoms with Crippen LogP contribution in [0.5, 0.6) is 0 Å². The smallest absolute Gasteiger partial charge is 0.282 e. The molecule has 2 fully saturated rings. The molecule has 0 aromatic heterocycles. The Bertz CT molecular complexity index is 418. The average molecular weight is 304 g/mol. The molecule has 0 bridgehead atoms. The predicted octanol–water partition coefficient (Wildman–Crippen LogP) is 1.45. The van der Waals surface area contributed by atoms with E-state index < -0.39 is 10.2 Å². The zero-order valence-corrected chi connectivity index (χ0v) is 13.7. The molecule has 20 heavy (non-hydrogen) atoms. The fourth-order valence-corrected chi connectivity index (χ4v) is 4.92. The quantitative estimate of drug-likeness (QED) is 0.836. The molecule has 1 saturated heterocycles. The van der Waals surface area contributed by atoms with Gasteiger partial charge in [-0.1, -0.05) is 20.8 Å². The number of nitrogens with zero attached hydrogens (tertiary/aromatic N) is 2.